The highest BCUT2D eigenvalue weighted by Gasteiger charge is 2.39. The first-order valence-electron chi connectivity index (χ1n) is 10.1. The van der Waals surface area contributed by atoms with Crippen LogP contribution in [0.5, 0.6) is 0 Å². The van der Waals surface area contributed by atoms with Gasteiger partial charge in [-0.3, -0.25) is 9.59 Å². The molecule has 0 bridgehead atoms. The molecule has 2 heterocycles. The van der Waals surface area contributed by atoms with Crippen LogP contribution in [-0.4, -0.2) is 39.6 Å². The fraction of sp³-hybridized carbons (Fsp3) is 0.261. The van der Waals surface area contributed by atoms with Crippen molar-refractivity contribution in [1.82, 2.24) is 20.0 Å². The zero-order valence-corrected chi connectivity index (χ0v) is 17.5. The number of para-hydroxylation sites is 1. The predicted molar refractivity (Wildman–Crippen MR) is 111 cm³/mol. The summed E-state index contributed by atoms with van der Waals surface area (Å²) in [5.74, 6) is -1.03. The van der Waals surface area contributed by atoms with E-state index in [1.807, 2.05) is 30.3 Å². The molecule has 3 aromatic rings. The van der Waals surface area contributed by atoms with E-state index in [1.165, 1.54) is 17.0 Å². The number of carbonyl (C=O) groups is 2. The Labute approximate surface area is 182 Å². The van der Waals surface area contributed by atoms with Crippen LogP contribution in [0, 0.1) is 13.8 Å². The molecule has 0 saturated carbocycles. The van der Waals surface area contributed by atoms with E-state index in [9.17, 15) is 22.8 Å². The maximum absolute atomic E-state index is 13.3. The summed E-state index contributed by atoms with van der Waals surface area (Å²) in [5, 5.41) is 7.31. The van der Waals surface area contributed by atoms with Crippen LogP contribution in [0.4, 0.5) is 13.2 Å². The van der Waals surface area contributed by atoms with Crippen LogP contribution in [-0.2, 0) is 11.0 Å². The number of hydrogen-bond acceptors (Lipinski definition) is 3. The second-order valence-corrected chi connectivity index (χ2v) is 7.60. The average Bonchev–Trinajstić information content (AvgIpc) is 3.07. The Kier molecular flexibility index (Phi) is 5.50. The fourth-order valence-electron chi connectivity index (χ4n) is 4.04. The van der Waals surface area contributed by atoms with Crippen LogP contribution in [0.25, 0.3) is 5.69 Å². The van der Waals surface area contributed by atoms with Gasteiger partial charge in [0.2, 0.25) is 5.91 Å². The van der Waals surface area contributed by atoms with Gasteiger partial charge in [0.05, 0.1) is 16.9 Å². The summed E-state index contributed by atoms with van der Waals surface area (Å²) in [4.78, 5) is 27.5. The molecule has 6 nitrogen and oxygen atoms in total. The predicted octanol–water partition coefficient (Wildman–Crippen LogP) is 3.82. The van der Waals surface area contributed by atoms with Gasteiger partial charge in [-0.15, -0.1) is 0 Å². The summed E-state index contributed by atoms with van der Waals surface area (Å²) in [6.45, 7) is 3.93. The first kappa shape index (κ1) is 21.6. The van der Waals surface area contributed by atoms with Crippen molar-refractivity contribution >= 4 is 11.8 Å². The minimum absolute atomic E-state index is 0.120. The number of rotatable bonds is 3. The smallest absolute Gasteiger partial charge is 0.352 e. The van der Waals surface area contributed by atoms with Crippen LogP contribution < -0.4 is 5.32 Å². The Balaban J connectivity index is 1.76. The normalized spacial score (nSPS) is 16.7. The quantitative estimate of drug-likeness (QED) is 0.671. The Bertz CT molecular complexity index is 1170. The molecule has 0 radical (unpaired) electrons. The topological polar surface area (TPSA) is 67.2 Å². The average molecular weight is 442 g/mol. The third-order valence-corrected chi connectivity index (χ3v) is 5.53. The van der Waals surface area contributed by atoms with E-state index in [0.717, 1.165) is 17.8 Å². The van der Waals surface area contributed by atoms with E-state index >= 15 is 0 Å². The van der Waals surface area contributed by atoms with Crippen LogP contribution in [0.3, 0.4) is 0 Å². The van der Waals surface area contributed by atoms with Crippen molar-refractivity contribution in [3.05, 3.63) is 82.7 Å². The van der Waals surface area contributed by atoms with Crippen molar-refractivity contribution in [1.29, 1.82) is 0 Å². The molecule has 1 unspecified atom stereocenters. The van der Waals surface area contributed by atoms with Gasteiger partial charge in [-0.05, 0) is 44.2 Å². The first-order valence-corrected chi connectivity index (χ1v) is 10.1. The van der Waals surface area contributed by atoms with Crippen molar-refractivity contribution in [2.24, 2.45) is 0 Å². The highest BCUT2D eigenvalue weighted by Crippen LogP contribution is 2.33. The number of alkyl halides is 3. The van der Waals surface area contributed by atoms with Gasteiger partial charge in [0.25, 0.3) is 5.91 Å². The molecule has 1 N–H and O–H groups in total. The van der Waals surface area contributed by atoms with Crippen molar-refractivity contribution in [2.45, 2.75) is 26.1 Å². The van der Waals surface area contributed by atoms with E-state index in [2.05, 4.69) is 10.4 Å². The van der Waals surface area contributed by atoms with Gasteiger partial charge in [0.15, 0.2) is 0 Å². The lowest BCUT2D eigenvalue weighted by molar-refractivity contribution is -0.137. The van der Waals surface area contributed by atoms with Crippen LogP contribution in [0.1, 0.15) is 38.9 Å². The van der Waals surface area contributed by atoms with E-state index in [-0.39, 0.29) is 18.7 Å². The standard InChI is InChI=1S/C23H21F3N4O2/c1-14-19(15(2)30(28-14)18-9-4-3-5-10-18)20-21(31)27-11-12-29(20)22(32)16-7-6-8-17(13-16)23(24,25)26/h3-10,13,20H,11-12H2,1-2H3,(H,27,31). The second kappa shape index (κ2) is 8.14. The molecule has 1 aliphatic heterocycles. The molecule has 9 heteroatoms. The summed E-state index contributed by atoms with van der Waals surface area (Å²) < 4.78 is 41.1. The van der Waals surface area contributed by atoms with E-state index in [4.69, 9.17) is 0 Å². The molecule has 1 saturated heterocycles. The molecular weight excluding hydrogens is 421 g/mol. The van der Waals surface area contributed by atoms with Gasteiger partial charge in [-0.2, -0.15) is 18.3 Å². The zero-order valence-electron chi connectivity index (χ0n) is 17.5. The summed E-state index contributed by atoms with van der Waals surface area (Å²) >= 11 is 0. The second-order valence-electron chi connectivity index (χ2n) is 7.60. The van der Waals surface area contributed by atoms with Crippen LogP contribution in [0.15, 0.2) is 54.6 Å². The number of amides is 2. The fourth-order valence-corrected chi connectivity index (χ4v) is 4.04. The molecule has 0 spiro atoms. The summed E-state index contributed by atoms with van der Waals surface area (Å²) in [5.41, 5.74) is 1.57. The molecular formula is C23H21F3N4O2. The third-order valence-electron chi connectivity index (χ3n) is 5.53. The van der Waals surface area contributed by atoms with Gasteiger partial charge in [0, 0.05) is 29.9 Å². The highest BCUT2D eigenvalue weighted by atomic mass is 19.4. The SMILES string of the molecule is Cc1nn(-c2ccccc2)c(C)c1C1C(=O)NCCN1C(=O)c1cccc(C(F)(F)F)c1. The first-order chi connectivity index (χ1) is 15.2. The Morgan fingerprint density at radius 1 is 1.09 bits per heavy atom. The number of benzene rings is 2. The van der Waals surface area contributed by atoms with Crippen LogP contribution in [0.2, 0.25) is 0 Å². The van der Waals surface area contributed by atoms with Crippen molar-refractivity contribution in [2.75, 3.05) is 13.1 Å². The summed E-state index contributed by atoms with van der Waals surface area (Å²) in [7, 11) is 0. The lowest BCUT2D eigenvalue weighted by atomic mass is 9.98. The van der Waals surface area contributed by atoms with Gasteiger partial charge >= 0.3 is 6.18 Å². The molecule has 1 aromatic heterocycles. The summed E-state index contributed by atoms with van der Waals surface area (Å²) in [6, 6.07) is 12.6. The maximum atomic E-state index is 13.3. The monoisotopic (exact) mass is 442 g/mol. The van der Waals surface area contributed by atoms with Crippen molar-refractivity contribution in [3.8, 4) is 5.69 Å². The molecule has 1 atom stereocenters. The minimum Gasteiger partial charge on any atom is -0.352 e. The van der Waals surface area contributed by atoms with Gasteiger partial charge < -0.3 is 10.2 Å². The lowest BCUT2D eigenvalue weighted by Crippen LogP contribution is -2.52. The zero-order chi connectivity index (χ0) is 23.0. The third kappa shape index (κ3) is 3.86. The number of halogens is 3. The number of nitrogens with zero attached hydrogens (tertiary/aromatic N) is 3. The summed E-state index contributed by atoms with van der Waals surface area (Å²) in [6.07, 6.45) is -4.57. The van der Waals surface area contributed by atoms with Gasteiger partial charge in [-0.25, -0.2) is 4.68 Å². The maximum Gasteiger partial charge on any atom is 0.416 e. The molecule has 4 rings (SSSR count). The Hall–Kier alpha value is -3.62. The van der Waals surface area contributed by atoms with Crippen molar-refractivity contribution in [3.63, 3.8) is 0 Å². The number of aryl methyl sites for hydroxylation is 1. The molecule has 166 valence electrons. The number of nitrogens with one attached hydrogen (secondary N) is 1. The Morgan fingerprint density at radius 2 is 1.81 bits per heavy atom. The largest absolute Gasteiger partial charge is 0.416 e. The van der Waals surface area contributed by atoms with Crippen LogP contribution >= 0.6 is 0 Å². The number of carbonyl (C=O) groups excluding carboxylic acids is 2. The molecule has 2 amide bonds. The molecule has 1 aliphatic rings. The molecule has 0 aliphatic carbocycles. The Morgan fingerprint density at radius 3 is 2.50 bits per heavy atom. The molecule has 32 heavy (non-hydrogen) atoms. The lowest BCUT2D eigenvalue weighted by Gasteiger charge is -2.35. The van der Waals surface area contributed by atoms with Gasteiger partial charge in [0.1, 0.15) is 6.04 Å². The van der Waals surface area contributed by atoms with Gasteiger partial charge in [-0.1, -0.05) is 24.3 Å². The van der Waals surface area contributed by atoms with E-state index in [0.29, 0.717) is 17.0 Å². The number of piperazine rings is 1. The number of hydrogen-bond donors (Lipinski definition) is 1. The molecule has 1 fully saturated rings. The van der Waals surface area contributed by atoms with E-state index in [1.54, 1.807) is 18.5 Å². The number of aromatic nitrogens is 2. The van der Waals surface area contributed by atoms with Crippen molar-refractivity contribution < 1.29 is 22.8 Å². The molecule has 2 aromatic carbocycles. The highest BCUT2D eigenvalue weighted by molar-refractivity contribution is 5.99. The van der Waals surface area contributed by atoms with E-state index < -0.39 is 29.6 Å². The minimum atomic E-state index is -4.57.